The molecule has 1 saturated carbocycles. The molecule has 1 spiro atoms. The largest absolute Gasteiger partial charge is 0.369 e. The molecule has 2 fully saturated rings. The Morgan fingerprint density at radius 3 is 2.48 bits per heavy atom. The first-order chi connectivity index (χ1) is 12.2. The maximum Gasteiger partial charge on any atom is 0.220 e. The van der Waals surface area contributed by atoms with Crippen molar-refractivity contribution in [1.29, 1.82) is 0 Å². The maximum absolute atomic E-state index is 6.33. The third kappa shape index (κ3) is 3.04. The second-order valence-electron chi connectivity index (χ2n) is 7.08. The van der Waals surface area contributed by atoms with Gasteiger partial charge in [0.05, 0.1) is 0 Å². The van der Waals surface area contributed by atoms with Crippen LogP contribution < -0.4 is 26.6 Å². The molecule has 134 valence electrons. The van der Waals surface area contributed by atoms with E-state index in [1.807, 2.05) is 0 Å². The molecule has 0 unspecified atom stereocenters. The Morgan fingerprint density at radius 1 is 1.00 bits per heavy atom. The molecule has 7 nitrogen and oxygen atoms in total. The number of benzene rings is 1. The SMILES string of the molecule is NC1=NC2(CCCCC2)N(c2cccc(N3CCNCC3)c2)C(N)=N1. The van der Waals surface area contributed by atoms with Crippen LogP contribution in [0.3, 0.4) is 0 Å². The lowest BCUT2D eigenvalue weighted by Crippen LogP contribution is -2.58. The van der Waals surface area contributed by atoms with E-state index in [1.54, 1.807) is 0 Å². The van der Waals surface area contributed by atoms with E-state index in [1.165, 1.54) is 12.1 Å². The Balaban J connectivity index is 1.70. The van der Waals surface area contributed by atoms with Crippen LogP contribution in [-0.4, -0.2) is 43.8 Å². The minimum absolute atomic E-state index is 0.300. The first-order valence-electron chi connectivity index (χ1n) is 9.23. The second-order valence-corrected chi connectivity index (χ2v) is 7.08. The van der Waals surface area contributed by atoms with Crippen molar-refractivity contribution in [1.82, 2.24) is 5.32 Å². The Kier molecular flexibility index (Phi) is 4.25. The molecule has 1 aliphatic carbocycles. The number of aliphatic imine (C=N–C) groups is 2. The summed E-state index contributed by atoms with van der Waals surface area (Å²) in [5.41, 5.74) is 14.2. The zero-order valence-corrected chi connectivity index (χ0v) is 14.6. The highest BCUT2D eigenvalue weighted by Gasteiger charge is 2.42. The average molecular weight is 341 g/mol. The molecule has 1 saturated heterocycles. The van der Waals surface area contributed by atoms with Crippen molar-refractivity contribution in [3.8, 4) is 0 Å². The molecule has 0 radical (unpaired) electrons. The molecule has 0 aromatic heterocycles. The third-order valence-corrected chi connectivity index (χ3v) is 5.42. The molecule has 1 aromatic carbocycles. The van der Waals surface area contributed by atoms with Crippen LogP contribution in [0.4, 0.5) is 11.4 Å². The number of rotatable bonds is 2. The van der Waals surface area contributed by atoms with Gasteiger partial charge in [-0.1, -0.05) is 12.5 Å². The number of piperazine rings is 1. The summed E-state index contributed by atoms with van der Waals surface area (Å²) in [7, 11) is 0. The van der Waals surface area contributed by atoms with Crippen molar-refractivity contribution in [3.63, 3.8) is 0 Å². The Labute approximate surface area is 148 Å². The summed E-state index contributed by atoms with van der Waals surface area (Å²) in [5.74, 6) is 0.751. The maximum atomic E-state index is 6.33. The molecule has 4 rings (SSSR count). The predicted octanol–water partition coefficient (Wildman–Crippen LogP) is 1.21. The van der Waals surface area contributed by atoms with Crippen LogP contribution in [0.25, 0.3) is 0 Å². The van der Waals surface area contributed by atoms with E-state index in [4.69, 9.17) is 16.5 Å². The summed E-state index contributed by atoms with van der Waals surface area (Å²) in [6.07, 6.45) is 5.43. The highest BCUT2D eigenvalue weighted by Crippen LogP contribution is 2.40. The molecule has 0 atom stereocenters. The fraction of sp³-hybridized carbons (Fsp3) is 0.556. The van der Waals surface area contributed by atoms with Crippen LogP contribution in [-0.2, 0) is 0 Å². The zero-order chi connectivity index (χ0) is 17.3. The normalized spacial score (nSPS) is 23.4. The number of nitrogens with one attached hydrogen (secondary N) is 1. The first kappa shape index (κ1) is 16.2. The minimum Gasteiger partial charge on any atom is -0.369 e. The van der Waals surface area contributed by atoms with Crippen LogP contribution in [0.15, 0.2) is 34.3 Å². The lowest BCUT2D eigenvalue weighted by atomic mass is 9.87. The lowest BCUT2D eigenvalue weighted by Gasteiger charge is -2.45. The molecule has 0 amide bonds. The average Bonchev–Trinajstić information content (AvgIpc) is 2.63. The minimum atomic E-state index is -0.379. The third-order valence-electron chi connectivity index (χ3n) is 5.42. The van der Waals surface area contributed by atoms with Gasteiger partial charge in [-0.25, -0.2) is 4.99 Å². The summed E-state index contributed by atoms with van der Waals surface area (Å²) < 4.78 is 0. The summed E-state index contributed by atoms with van der Waals surface area (Å²) >= 11 is 0. The van der Waals surface area contributed by atoms with Crippen molar-refractivity contribution in [3.05, 3.63) is 24.3 Å². The van der Waals surface area contributed by atoms with Gasteiger partial charge in [-0.05, 0) is 43.9 Å². The molecule has 25 heavy (non-hydrogen) atoms. The Bertz CT molecular complexity index is 684. The van der Waals surface area contributed by atoms with E-state index in [0.717, 1.165) is 57.5 Å². The Hall–Kier alpha value is -2.28. The van der Waals surface area contributed by atoms with Gasteiger partial charge in [0.1, 0.15) is 5.66 Å². The molecule has 7 heteroatoms. The fourth-order valence-electron chi connectivity index (χ4n) is 4.25. The highest BCUT2D eigenvalue weighted by atomic mass is 15.4. The number of hydrogen-bond donors (Lipinski definition) is 3. The van der Waals surface area contributed by atoms with Gasteiger partial charge in [-0.2, -0.15) is 4.99 Å². The fourth-order valence-corrected chi connectivity index (χ4v) is 4.25. The monoisotopic (exact) mass is 341 g/mol. The quantitative estimate of drug-likeness (QED) is 0.751. The molecule has 3 aliphatic rings. The number of nitrogens with two attached hydrogens (primary N) is 2. The van der Waals surface area contributed by atoms with Crippen LogP contribution in [0.1, 0.15) is 32.1 Å². The van der Waals surface area contributed by atoms with Crippen molar-refractivity contribution < 1.29 is 0 Å². The number of hydrogen-bond acceptors (Lipinski definition) is 7. The number of anilines is 2. The van der Waals surface area contributed by atoms with Crippen molar-refractivity contribution in [2.45, 2.75) is 37.8 Å². The molecule has 2 aliphatic heterocycles. The molecular weight excluding hydrogens is 314 g/mol. The van der Waals surface area contributed by atoms with Gasteiger partial charge in [-0.15, -0.1) is 0 Å². The summed E-state index contributed by atoms with van der Waals surface area (Å²) in [6, 6.07) is 8.57. The molecule has 2 heterocycles. The Morgan fingerprint density at radius 2 is 1.72 bits per heavy atom. The van der Waals surface area contributed by atoms with E-state index in [9.17, 15) is 0 Å². The van der Waals surface area contributed by atoms with Gasteiger partial charge in [0.2, 0.25) is 11.9 Å². The van der Waals surface area contributed by atoms with Crippen molar-refractivity contribution in [2.24, 2.45) is 21.5 Å². The lowest BCUT2D eigenvalue weighted by molar-refractivity contribution is 0.305. The molecular formula is C18H27N7. The zero-order valence-electron chi connectivity index (χ0n) is 14.6. The number of guanidine groups is 2. The van der Waals surface area contributed by atoms with Gasteiger partial charge in [0.25, 0.3) is 0 Å². The van der Waals surface area contributed by atoms with E-state index in [0.29, 0.717) is 11.9 Å². The standard InChI is InChI=1S/C18H27N7/c19-16-22-17(20)25(18(23-16)7-2-1-3-8-18)15-6-4-5-14(13-15)24-11-9-21-10-12-24/h4-6,13,21H,1-3,7-12H2,(H4,19,20,22,23). The van der Waals surface area contributed by atoms with Crippen molar-refractivity contribution >= 4 is 23.3 Å². The second kappa shape index (κ2) is 6.55. The van der Waals surface area contributed by atoms with Gasteiger partial charge < -0.3 is 21.7 Å². The molecule has 0 bridgehead atoms. The van der Waals surface area contributed by atoms with Gasteiger partial charge in [-0.3, -0.25) is 4.90 Å². The van der Waals surface area contributed by atoms with Crippen LogP contribution >= 0.6 is 0 Å². The van der Waals surface area contributed by atoms with Crippen molar-refractivity contribution in [2.75, 3.05) is 36.0 Å². The van der Waals surface area contributed by atoms with Crippen LogP contribution in [0, 0.1) is 0 Å². The van der Waals surface area contributed by atoms with Gasteiger partial charge >= 0.3 is 0 Å². The molecule has 1 aromatic rings. The summed E-state index contributed by atoms with van der Waals surface area (Å²) in [5, 5.41) is 3.40. The van der Waals surface area contributed by atoms with E-state index >= 15 is 0 Å². The van der Waals surface area contributed by atoms with Crippen LogP contribution in [0.2, 0.25) is 0 Å². The molecule has 5 N–H and O–H groups in total. The van der Waals surface area contributed by atoms with E-state index < -0.39 is 0 Å². The van der Waals surface area contributed by atoms with Gasteiger partial charge in [0.15, 0.2) is 0 Å². The van der Waals surface area contributed by atoms with Crippen LogP contribution in [0.5, 0.6) is 0 Å². The smallest absolute Gasteiger partial charge is 0.220 e. The first-order valence-corrected chi connectivity index (χ1v) is 9.23. The number of nitrogens with zero attached hydrogens (tertiary/aromatic N) is 4. The predicted molar refractivity (Wildman–Crippen MR) is 103 cm³/mol. The topological polar surface area (TPSA) is 95.3 Å². The van der Waals surface area contributed by atoms with Gasteiger partial charge in [0, 0.05) is 37.6 Å². The van der Waals surface area contributed by atoms with E-state index in [-0.39, 0.29) is 5.66 Å². The van der Waals surface area contributed by atoms with E-state index in [2.05, 4.69) is 44.4 Å². The summed E-state index contributed by atoms with van der Waals surface area (Å²) in [6.45, 7) is 4.07. The summed E-state index contributed by atoms with van der Waals surface area (Å²) in [4.78, 5) is 13.5. The highest BCUT2D eigenvalue weighted by molar-refractivity contribution is 6.05.